The van der Waals surface area contributed by atoms with E-state index in [1.165, 1.54) is 32.4 Å². The van der Waals surface area contributed by atoms with E-state index in [2.05, 4.69) is 17.0 Å². The summed E-state index contributed by atoms with van der Waals surface area (Å²) in [4.78, 5) is 12.2. The lowest BCUT2D eigenvalue weighted by molar-refractivity contribution is 0.0938. The van der Waals surface area contributed by atoms with Gasteiger partial charge in [-0.05, 0) is 49.7 Å². The van der Waals surface area contributed by atoms with Crippen LogP contribution in [0.25, 0.3) is 0 Å². The Morgan fingerprint density at radius 3 is 2.25 bits per heavy atom. The van der Waals surface area contributed by atoms with E-state index in [1.807, 2.05) is 6.92 Å². The molecule has 8 heteroatoms. The van der Waals surface area contributed by atoms with Gasteiger partial charge in [0.25, 0.3) is 15.9 Å². The Kier molecular flexibility index (Phi) is 7.28. The Morgan fingerprint density at radius 1 is 1.04 bits per heavy atom. The average Bonchev–Trinajstić information content (AvgIpc) is 2.67. The Labute approximate surface area is 166 Å². The molecule has 0 spiro atoms. The first kappa shape index (κ1) is 21.6. The van der Waals surface area contributed by atoms with Crippen LogP contribution in [0, 0.1) is 0 Å². The Bertz CT molecular complexity index is 911. The van der Waals surface area contributed by atoms with Crippen LogP contribution in [0.15, 0.2) is 47.4 Å². The van der Waals surface area contributed by atoms with Crippen LogP contribution in [0.4, 0.5) is 5.69 Å². The molecule has 0 aliphatic carbocycles. The molecule has 2 aromatic carbocycles. The number of amides is 1. The number of ether oxygens (including phenoxy) is 2. The highest BCUT2D eigenvalue weighted by molar-refractivity contribution is 7.92. The maximum Gasteiger partial charge on any atom is 0.262 e. The first-order valence-corrected chi connectivity index (χ1v) is 10.4. The van der Waals surface area contributed by atoms with Crippen molar-refractivity contribution in [3.8, 4) is 11.5 Å². The molecule has 2 rings (SSSR count). The summed E-state index contributed by atoms with van der Waals surface area (Å²) in [5.74, 6) is 0.572. The average molecular weight is 407 g/mol. The zero-order valence-corrected chi connectivity index (χ0v) is 17.3. The second-order valence-corrected chi connectivity index (χ2v) is 8.05. The summed E-state index contributed by atoms with van der Waals surface area (Å²) in [5.41, 5.74) is 0.824. The number of hydrogen-bond acceptors (Lipinski definition) is 5. The van der Waals surface area contributed by atoms with E-state index in [0.29, 0.717) is 22.7 Å². The molecule has 2 aromatic rings. The van der Waals surface area contributed by atoms with Crippen LogP contribution in [-0.4, -0.2) is 34.6 Å². The van der Waals surface area contributed by atoms with Crippen LogP contribution in [0.1, 0.15) is 37.0 Å². The van der Waals surface area contributed by atoms with Crippen molar-refractivity contribution >= 4 is 21.6 Å². The SMILES string of the molecule is CCCC(C)NC(=O)c1ccc(NS(=O)(=O)c2ccc(OC)c(OC)c2)cc1. The highest BCUT2D eigenvalue weighted by Gasteiger charge is 2.17. The van der Waals surface area contributed by atoms with Gasteiger partial charge in [0.05, 0.1) is 19.1 Å². The first-order valence-electron chi connectivity index (χ1n) is 8.96. The van der Waals surface area contributed by atoms with Gasteiger partial charge in [0, 0.05) is 23.4 Å². The van der Waals surface area contributed by atoms with Gasteiger partial charge in [-0.3, -0.25) is 9.52 Å². The number of carbonyl (C=O) groups excluding carboxylic acids is 1. The van der Waals surface area contributed by atoms with Crippen LogP contribution in [-0.2, 0) is 10.0 Å². The molecule has 1 unspecified atom stereocenters. The number of carbonyl (C=O) groups is 1. The van der Waals surface area contributed by atoms with Gasteiger partial charge >= 0.3 is 0 Å². The zero-order valence-electron chi connectivity index (χ0n) is 16.5. The maximum absolute atomic E-state index is 12.6. The topological polar surface area (TPSA) is 93.7 Å². The zero-order chi connectivity index (χ0) is 20.7. The van der Waals surface area contributed by atoms with Crippen molar-refractivity contribution in [2.75, 3.05) is 18.9 Å². The van der Waals surface area contributed by atoms with Gasteiger partial charge in [-0.25, -0.2) is 8.42 Å². The fourth-order valence-corrected chi connectivity index (χ4v) is 3.77. The second-order valence-electron chi connectivity index (χ2n) is 6.36. The van der Waals surface area contributed by atoms with E-state index in [4.69, 9.17) is 9.47 Å². The van der Waals surface area contributed by atoms with Crippen molar-refractivity contribution in [1.82, 2.24) is 5.32 Å². The summed E-state index contributed by atoms with van der Waals surface area (Å²) in [6.45, 7) is 4.01. The standard InChI is InChI=1S/C20H26N2O5S/c1-5-6-14(2)21-20(23)15-7-9-16(10-8-15)22-28(24,25)17-11-12-18(26-3)19(13-17)27-4/h7-14,22H,5-6H2,1-4H3,(H,21,23). The maximum atomic E-state index is 12.6. The number of methoxy groups -OCH3 is 2. The normalized spacial score (nSPS) is 12.1. The summed E-state index contributed by atoms with van der Waals surface area (Å²) in [6, 6.07) is 10.7. The minimum atomic E-state index is -3.82. The molecule has 7 nitrogen and oxygen atoms in total. The third-order valence-corrected chi connectivity index (χ3v) is 5.54. The van der Waals surface area contributed by atoms with Crippen LogP contribution >= 0.6 is 0 Å². The molecule has 0 radical (unpaired) electrons. The van der Waals surface area contributed by atoms with Crippen LogP contribution in [0.2, 0.25) is 0 Å². The van der Waals surface area contributed by atoms with Gasteiger partial charge in [0.2, 0.25) is 0 Å². The number of benzene rings is 2. The number of sulfonamides is 1. The molecule has 1 atom stereocenters. The molecule has 0 saturated carbocycles. The van der Waals surface area contributed by atoms with Crippen molar-refractivity contribution < 1.29 is 22.7 Å². The summed E-state index contributed by atoms with van der Waals surface area (Å²) in [6.07, 6.45) is 1.88. The second kappa shape index (κ2) is 9.45. The number of nitrogens with one attached hydrogen (secondary N) is 2. The molecule has 1 amide bonds. The first-order chi connectivity index (χ1) is 13.3. The molecule has 0 aromatic heterocycles. The molecule has 0 heterocycles. The minimum Gasteiger partial charge on any atom is -0.493 e. The monoisotopic (exact) mass is 406 g/mol. The Morgan fingerprint density at radius 2 is 1.68 bits per heavy atom. The largest absolute Gasteiger partial charge is 0.493 e. The summed E-state index contributed by atoms with van der Waals surface area (Å²) >= 11 is 0. The van der Waals surface area contributed by atoms with Gasteiger partial charge in [0.15, 0.2) is 11.5 Å². The van der Waals surface area contributed by atoms with Gasteiger partial charge in [0.1, 0.15) is 0 Å². The van der Waals surface area contributed by atoms with Crippen molar-refractivity contribution in [3.63, 3.8) is 0 Å². The van der Waals surface area contributed by atoms with E-state index in [0.717, 1.165) is 12.8 Å². The third kappa shape index (κ3) is 5.39. The minimum absolute atomic E-state index is 0.0420. The van der Waals surface area contributed by atoms with Crippen molar-refractivity contribution in [2.45, 2.75) is 37.6 Å². The molecule has 0 bridgehead atoms. The van der Waals surface area contributed by atoms with Gasteiger partial charge in [-0.1, -0.05) is 13.3 Å². The van der Waals surface area contributed by atoms with Crippen LogP contribution in [0.5, 0.6) is 11.5 Å². The lowest BCUT2D eigenvalue weighted by Crippen LogP contribution is -2.32. The van der Waals surface area contributed by atoms with E-state index >= 15 is 0 Å². The Hall–Kier alpha value is -2.74. The molecule has 0 saturated heterocycles. The smallest absolute Gasteiger partial charge is 0.262 e. The summed E-state index contributed by atoms with van der Waals surface area (Å²) in [5, 5.41) is 2.91. The predicted molar refractivity (Wildman–Crippen MR) is 109 cm³/mol. The quantitative estimate of drug-likeness (QED) is 0.665. The van der Waals surface area contributed by atoms with Gasteiger partial charge in [-0.2, -0.15) is 0 Å². The fourth-order valence-electron chi connectivity index (χ4n) is 2.70. The van der Waals surface area contributed by atoms with E-state index < -0.39 is 10.0 Å². The number of rotatable bonds is 9. The van der Waals surface area contributed by atoms with Gasteiger partial charge in [-0.15, -0.1) is 0 Å². The molecule has 28 heavy (non-hydrogen) atoms. The van der Waals surface area contributed by atoms with E-state index in [-0.39, 0.29) is 16.8 Å². The number of anilines is 1. The molecule has 152 valence electrons. The number of hydrogen-bond donors (Lipinski definition) is 2. The third-order valence-electron chi connectivity index (χ3n) is 4.16. The predicted octanol–water partition coefficient (Wildman–Crippen LogP) is 3.42. The van der Waals surface area contributed by atoms with Gasteiger partial charge < -0.3 is 14.8 Å². The highest BCUT2D eigenvalue weighted by atomic mass is 32.2. The van der Waals surface area contributed by atoms with E-state index in [1.54, 1.807) is 24.3 Å². The molecular weight excluding hydrogens is 380 g/mol. The molecular formula is C20H26N2O5S. The van der Waals surface area contributed by atoms with Crippen LogP contribution < -0.4 is 19.5 Å². The van der Waals surface area contributed by atoms with Crippen molar-refractivity contribution in [1.29, 1.82) is 0 Å². The molecule has 0 aliphatic rings. The molecule has 0 fully saturated rings. The summed E-state index contributed by atoms with van der Waals surface area (Å²) < 4.78 is 38.0. The molecule has 2 N–H and O–H groups in total. The summed E-state index contributed by atoms with van der Waals surface area (Å²) in [7, 11) is -0.902. The lowest BCUT2D eigenvalue weighted by atomic mass is 10.1. The van der Waals surface area contributed by atoms with E-state index in [9.17, 15) is 13.2 Å². The van der Waals surface area contributed by atoms with Crippen molar-refractivity contribution in [2.24, 2.45) is 0 Å². The van der Waals surface area contributed by atoms with Crippen molar-refractivity contribution in [3.05, 3.63) is 48.0 Å². The molecule has 0 aliphatic heterocycles. The highest BCUT2D eigenvalue weighted by Crippen LogP contribution is 2.30. The Balaban J connectivity index is 2.13. The fraction of sp³-hybridized carbons (Fsp3) is 0.350. The lowest BCUT2D eigenvalue weighted by Gasteiger charge is -2.14. The van der Waals surface area contributed by atoms with Crippen LogP contribution in [0.3, 0.4) is 0 Å².